The minimum Gasteiger partial charge on any atom is -0.544 e. The van der Waals surface area contributed by atoms with Crippen LogP contribution in [0.5, 0.6) is 0 Å². The fourth-order valence-corrected chi connectivity index (χ4v) is 0.715. The van der Waals surface area contributed by atoms with Crippen molar-refractivity contribution >= 4 is 23.6 Å². The van der Waals surface area contributed by atoms with Gasteiger partial charge < -0.3 is 9.32 Å². The SMILES string of the molecule is O=c1[nH]c(=O)n(Cl)c(=O)n1Cl.[Na+].[O-][Cl+][O-]. The summed E-state index contributed by atoms with van der Waals surface area (Å²) in [6.07, 6.45) is 0. The number of hydrogen-bond donors (Lipinski definition) is 1. The third-order valence-corrected chi connectivity index (χ3v) is 1.50. The zero-order valence-corrected chi connectivity index (χ0v) is 11.3. The van der Waals surface area contributed by atoms with E-state index in [0.717, 1.165) is 0 Å². The maximum Gasteiger partial charge on any atom is 1.00 e. The topological polar surface area (TPSA) is 123 Å². The molecule has 0 radical (unpaired) electrons. The molecule has 1 N–H and O–H groups in total. The number of aromatic amines is 1. The first kappa shape index (κ1) is 17.6. The summed E-state index contributed by atoms with van der Waals surface area (Å²) in [5.74, 6) is 0. The summed E-state index contributed by atoms with van der Waals surface area (Å²) in [6, 6.07) is 0. The van der Waals surface area contributed by atoms with Gasteiger partial charge in [-0.1, -0.05) is 0 Å². The Balaban J connectivity index is 0. The molecule has 1 aromatic heterocycles. The van der Waals surface area contributed by atoms with Crippen molar-refractivity contribution in [2.75, 3.05) is 0 Å². The van der Waals surface area contributed by atoms with E-state index in [0.29, 0.717) is 0 Å². The van der Waals surface area contributed by atoms with Crippen LogP contribution in [-0.4, -0.2) is 13.2 Å². The largest absolute Gasteiger partial charge is 1.00 e. The van der Waals surface area contributed by atoms with E-state index in [9.17, 15) is 14.4 Å². The summed E-state index contributed by atoms with van der Waals surface area (Å²) < 4.78 is 16.8. The molecule has 1 heterocycles. The monoisotopic (exact) mass is 287 g/mol. The van der Waals surface area contributed by atoms with Gasteiger partial charge in [0.25, 0.3) is 0 Å². The van der Waals surface area contributed by atoms with Crippen molar-refractivity contribution in [2.45, 2.75) is 0 Å². The molecule has 12 heteroatoms. The number of rotatable bonds is 0. The Hall–Kier alpha value is 0.200. The van der Waals surface area contributed by atoms with E-state index >= 15 is 0 Å². The molecule has 80 valence electrons. The summed E-state index contributed by atoms with van der Waals surface area (Å²) >= 11 is 9.73. The summed E-state index contributed by atoms with van der Waals surface area (Å²) in [4.78, 5) is 33.4. The van der Waals surface area contributed by atoms with E-state index in [1.54, 1.807) is 4.98 Å². The summed E-state index contributed by atoms with van der Waals surface area (Å²) in [6.45, 7) is 0. The quantitative estimate of drug-likeness (QED) is 0.475. The fraction of sp³-hybridized carbons (Fsp3) is 0. The molecule has 0 aliphatic carbocycles. The molecule has 15 heavy (non-hydrogen) atoms. The maximum atomic E-state index is 10.7. The van der Waals surface area contributed by atoms with Crippen LogP contribution in [0.15, 0.2) is 14.4 Å². The first-order valence-corrected chi connectivity index (χ1v) is 3.95. The minimum absolute atomic E-state index is 0. The third kappa shape index (κ3) is 5.18. The van der Waals surface area contributed by atoms with E-state index in [2.05, 4.69) is 0 Å². The van der Waals surface area contributed by atoms with E-state index in [1.807, 2.05) is 0 Å². The number of nitrogens with zero attached hydrogens (tertiary/aromatic N) is 2. The first-order valence-electron chi connectivity index (χ1n) is 2.65. The van der Waals surface area contributed by atoms with Gasteiger partial charge >= 0.3 is 46.6 Å². The van der Waals surface area contributed by atoms with Crippen LogP contribution in [0.2, 0.25) is 0 Å². The van der Waals surface area contributed by atoms with Gasteiger partial charge in [-0.05, 0) is 0 Å². The zero-order valence-electron chi connectivity index (χ0n) is 7.07. The number of hydrogen-bond acceptors (Lipinski definition) is 5. The standard InChI is InChI=1S/C3HCl2N3O3.ClO2.Na/c4-7-1(9)6-2(10)8(5)3(7)11;2-1-3;/h(H,6,9,10);;/q;-1;+1. The van der Waals surface area contributed by atoms with Gasteiger partial charge in [-0.3, -0.25) is 4.98 Å². The second kappa shape index (κ2) is 8.36. The molecule has 0 amide bonds. The zero-order chi connectivity index (χ0) is 11.3. The van der Waals surface area contributed by atoms with Gasteiger partial charge in [0.05, 0.1) is 11.3 Å². The summed E-state index contributed by atoms with van der Waals surface area (Å²) in [5, 5.41) is 0. The Morgan fingerprint density at radius 2 is 1.33 bits per heavy atom. The molecule has 0 atom stereocenters. The minimum atomic E-state index is -1.10. The van der Waals surface area contributed by atoms with E-state index in [-0.39, 0.29) is 37.7 Å². The van der Waals surface area contributed by atoms with Crippen molar-refractivity contribution in [1.82, 2.24) is 13.2 Å². The van der Waals surface area contributed by atoms with Crippen LogP contribution in [0.4, 0.5) is 0 Å². The van der Waals surface area contributed by atoms with Gasteiger partial charge in [0, 0.05) is 23.6 Å². The number of aromatic nitrogens is 3. The Labute approximate surface area is 118 Å². The van der Waals surface area contributed by atoms with E-state index in [1.165, 1.54) is 0 Å². The van der Waals surface area contributed by atoms with Gasteiger partial charge in [-0.25, -0.2) is 14.4 Å². The van der Waals surface area contributed by atoms with Crippen molar-refractivity contribution in [3.05, 3.63) is 31.5 Å². The Morgan fingerprint density at radius 3 is 1.60 bits per heavy atom. The van der Waals surface area contributed by atoms with E-state index in [4.69, 9.17) is 32.9 Å². The molecular weight excluding hydrogens is 287 g/mol. The molecule has 0 fully saturated rings. The van der Waals surface area contributed by atoms with Crippen LogP contribution in [0.25, 0.3) is 0 Å². The number of nitrogens with one attached hydrogen (secondary N) is 1. The third-order valence-electron chi connectivity index (χ3n) is 0.906. The fourth-order valence-electron chi connectivity index (χ4n) is 0.440. The molecule has 0 saturated heterocycles. The molecule has 0 spiro atoms. The van der Waals surface area contributed by atoms with Gasteiger partial charge in [0.2, 0.25) is 0 Å². The van der Waals surface area contributed by atoms with Crippen molar-refractivity contribution in [3.63, 3.8) is 0 Å². The second-order valence-electron chi connectivity index (χ2n) is 1.64. The number of H-pyrrole nitrogens is 1. The van der Waals surface area contributed by atoms with Crippen LogP contribution >= 0.6 is 23.6 Å². The molecule has 0 aliphatic rings. The number of halogens is 3. The van der Waals surface area contributed by atoms with Crippen molar-refractivity contribution in [2.24, 2.45) is 0 Å². The maximum absolute atomic E-state index is 10.7. The Kier molecular flexibility index (Phi) is 9.81. The Bertz CT molecular complexity index is 428. The van der Waals surface area contributed by atoms with Crippen LogP contribution in [0, 0.1) is 11.3 Å². The normalized spacial score (nSPS) is 8.53. The molecule has 0 saturated carbocycles. The molecule has 0 aliphatic heterocycles. The van der Waals surface area contributed by atoms with Crippen LogP contribution in [-0.2, 0) is 0 Å². The van der Waals surface area contributed by atoms with E-state index < -0.39 is 28.4 Å². The molecule has 0 aromatic carbocycles. The molecule has 0 unspecified atom stereocenters. The van der Waals surface area contributed by atoms with Crippen LogP contribution in [0.1, 0.15) is 0 Å². The molecule has 1 rings (SSSR count). The molecule has 0 bridgehead atoms. The van der Waals surface area contributed by atoms with Gasteiger partial charge in [-0.2, -0.15) is 0 Å². The van der Waals surface area contributed by atoms with Crippen LogP contribution in [0.3, 0.4) is 0 Å². The van der Waals surface area contributed by atoms with Crippen LogP contribution < -0.4 is 55.9 Å². The van der Waals surface area contributed by atoms with Gasteiger partial charge in [0.15, 0.2) is 0 Å². The van der Waals surface area contributed by atoms with Gasteiger partial charge in [-0.15, -0.1) is 8.17 Å². The summed E-state index contributed by atoms with van der Waals surface area (Å²) in [5.41, 5.74) is -3.13. The predicted molar refractivity (Wildman–Crippen MR) is 38.1 cm³/mol. The van der Waals surface area contributed by atoms with Crippen molar-refractivity contribution < 1.29 is 50.2 Å². The molecule has 8 nitrogen and oxygen atoms in total. The summed E-state index contributed by atoms with van der Waals surface area (Å²) in [7, 11) is 0. The van der Waals surface area contributed by atoms with Crippen molar-refractivity contribution in [1.29, 1.82) is 0 Å². The second-order valence-corrected chi connectivity index (χ2v) is 2.44. The average molecular weight is 288 g/mol. The Morgan fingerprint density at radius 1 is 1.07 bits per heavy atom. The average Bonchev–Trinajstić information content (AvgIpc) is 2.13. The molecule has 1 aromatic rings. The van der Waals surface area contributed by atoms with Gasteiger partial charge in [0.1, 0.15) is 0 Å². The molecular formula is C3HCl3N3NaO5. The first-order chi connectivity index (χ1) is 6.45. The predicted octanol–water partition coefficient (Wildman–Crippen LogP) is -6.67. The smallest absolute Gasteiger partial charge is 0.544 e. The van der Waals surface area contributed by atoms with Crippen molar-refractivity contribution in [3.8, 4) is 0 Å².